The Balaban J connectivity index is 1.33. The van der Waals surface area contributed by atoms with Crippen molar-refractivity contribution in [2.75, 3.05) is 65.3 Å². The zero-order chi connectivity index (χ0) is 28.1. The molecule has 0 atom stereocenters. The summed E-state index contributed by atoms with van der Waals surface area (Å²) in [5.74, 6) is 3.23. The summed E-state index contributed by atoms with van der Waals surface area (Å²) >= 11 is 1.45. The van der Waals surface area contributed by atoms with Crippen molar-refractivity contribution in [1.29, 1.82) is 0 Å². The Hall–Kier alpha value is -4.32. The number of thioether (sulfide) groups is 1. The molecule has 1 amide bonds. The van der Waals surface area contributed by atoms with Crippen LogP contribution in [0, 0.1) is 0 Å². The lowest BCUT2D eigenvalue weighted by Crippen LogP contribution is -2.50. The van der Waals surface area contributed by atoms with Gasteiger partial charge in [0, 0.05) is 31.7 Å². The maximum atomic E-state index is 12.8. The zero-order valence-corrected chi connectivity index (χ0v) is 23.6. The van der Waals surface area contributed by atoms with Crippen LogP contribution in [0.5, 0.6) is 23.0 Å². The van der Waals surface area contributed by atoms with E-state index in [4.69, 9.17) is 28.9 Å². The summed E-state index contributed by atoms with van der Waals surface area (Å²) < 4.78 is 21.7. The highest BCUT2D eigenvalue weighted by Crippen LogP contribution is 2.33. The number of anilines is 1. The maximum absolute atomic E-state index is 12.8. The van der Waals surface area contributed by atoms with E-state index in [1.54, 1.807) is 56.7 Å². The average Bonchev–Trinajstić information content (AvgIpc) is 3.02. The molecule has 0 unspecified atom stereocenters. The normalized spacial score (nSPS) is 13.3. The van der Waals surface area contributed by atoms with Crippen molar-refractivity contribution in [3.63, 3.8) is 0 Å². The Morgan fingerprint density at radius 1 is 0.875 bits per heavy atom. The molecule has 5 rings (SSSR count). The van der Waals surface area contributed by atoms with Gasteiger partial charge in [0.1, 0.15) is 11.5 Å². The van der Waals surface area contributed by atoms with Gasteiger partial charge in [0.25, 0.3) is 5.91 Å². The summed E-state index contributed by atoms with van der Waals surface area (Å²) in [6.45, 7) is 2.23. The summed E-state index contributed by atoms with van der Waals surface area (Å²) in [7, 11) is 4.80. The number of fused-ring (bicyclic) bond motifs is 1. The molecule has 1 aliphatic rings. The predicted molar refractivity (Wildman–Crippen MR) is 153 cm³/mol. The van der Waals surface area contributed by atoms with E-state index >= 15 is 0 Å². The first-order valence-corrected chi connectivity index (χ1v) is 13.9. The van der Waals surface area contributed by atoms with Crippen LogP contribution in [0.2, 0.25) is 0 Å². The number of carbonyl (C=O) groups excluding carboxylic acids is 1. The summed E-state index contributed by atoms with van der Waals surface area (Å²) in [5.41, 5.74) is 2.62. The number of carbonyl (C=O) groups is 1. The fourth-order valence-electron chi connectivity index (χ4n) is 4.40. The SMILES string of the molecule is COc1ccc(OCC(=O)N2CCN(c3nc(SC)nc4ncc(-c5ccc(OC)c(OC)c5)nc34)CC2)cc1. The smallest absolute Gasteiger partial charge is 0.260 e. The molecular weight excluding hydrogens is 532 g/mol. The van der Waals surface area contributed by atoms with Crippen molar-refractivity contribution < 1.29 is 23.7 Å². The number of hydrogen-bond donors (Lipinski definition) is 0. The van der Waals surface area contributed by atoms with Crippen LogP contribution in [0.25, 0.3) is 22.4 Å². The molecule has 0 N–H and O–H groups in total. The first-order valence-electron chi connectivity index (χ1n) is 12.6. The number of piperazine rings is 1. The number of nitrogens with zero attached hydrogens (tertiary/aromatic N) is 6. The van der Waals surface area contributed by atoms with E-state index < -0.39 is 0 Å². The molecule has 0 saturated carbocycles. The van der Waals surface area contributed by atoms with Crippen LogP contribution in [-0.4, -0.2) is 91.1 Å². The molecule has 0 radical (unpaired) electrons. The fourth-order valence-corrected chi connectivity index (χ4v) is 4.75. The average molecular weight is 563 g/mol. The van der Waals surface area contributed by atoms with E-state index in [1.165, 1.54) is 11.8 Å². The highest BCUT2D eigenvalue weighted by molar-refractivity contribution is 7.98. The summed E-state index contributed by atoms with van der Waals surface area (Å²) in [5, 5.41) is 0.613. The first kappa shape index (κ1) is 27.3. The molecule has 208 valence electrons. The monoisotopic (exact) mass is 562 g/mol. The molecule has 12 heteroatoms. The van der Waals surface area contributed by atoms with E-state index in [9.17, 15) is 4.79 Å². The summed E-state index contributed by atoms with van der Waals surface area (Å²) in [4.78, 5) is 35.7. The van der Waals surface area contributed by atoms with Gasteiger partial charge in [-0.1, -0.05) is 11.8 Å². The van der Waals surface area contributed by atoms with E-state index in [-0.39, 0.29) is 12.5 Å². The van der Waals surface area contributed by atoms with Crippen molar-refractivity contribution >= 4 is 34.7 Å². The number of amides is 1. The van der Waals surface area contributed by atoms with Crippen LogP contribution < -0.4 is 23.8 Å². The van der Waals surface area contributed by atoms with Crippen LogP contribution in [0.4, 0.5) is 5.82 Å². The number of hydrogen-bond acceptors (Lipinski definition) is 11. The molecule has 40 heavy (non-hydrogen) atoms. The minimum Gasteiger partial charge on any atom is -0.497 e. The summed E-state index contributed by atoms with van der Waals surface area (Å²) in [6, 6.07) is 12.8. The Labute approximate surface area is 236 Å². The van der Waals surface area contributed by atoms with Gasteiger partial charge in [0.2, 0.25) is 0 Å². The molecule has 1 aliphatic heterocycles. The maximum Gasteiger partial charge on any atom is 0.260 e. The van der Waals surface area contributed by atoms with Gasteiger partial charge in [-0.3, -0.25) is 4.79 Å². The van der Waals surface area contributed by atoms with E-state index in [0.717, 1.165) is 11.3 Å². The number of methoxy groups -OCH3 is 3. The Bertz CT molecular complexity index is 1500. The minimum absolute atomic E-state index is 0.0282. The molecule has 0 bridgehead atoms. The zero-order valence-electron chi connectivity index (χ0n) is 22.8. The third kappa shape index (κ3) is 5.81. The number of rotatable bonds is 9. The second-order valence-corrected chi connectivity index (χ2v) is 9.64. The van der Waals surface area contributed by atoms with Gasteiger partial charge >= 0.3 is 0 Å². The second kappa shape index (κ2) is 12.2. The molecule has 3 heterocycles. The molecule has 2 aromatic heterocycles. The predicted octanol–water partition coefficient (Wildman–Crippen LogP) is 3.56. The number of aromatic nitrogens is 4. The molecule has 2 aromatic carbocycles. The molecule has 11 nitrogen and oxygen atoms in total. The number of benzene rings is 2. The van der Waals surface area contributed by atoms with Crippen LogP contribution in [-0.2, 0) is 4.79 Å². The van der Waals surface area contributed by atoms with Crippen LogP contribution in [0.15, 0.2) is 53.8 Å². The molecule has 1 fully saturated rings. The van der Waals surface area contributed by atoms with Crippen LogP contribution in [0.1, 0.15) is 0 Å². The van der Waals surface area contributed by atoms with Gasteiger partial charge in [0.05, 0.1) is 33.2 Å². The largest absolute Gasteiger partial charge is 0.497 e. The van der Waals surface area contributed by atoms with E-state index in [2.05, 4.69) is 14.9 Å². The van der Waals surface area contributed by atoms with E-state index in [1.807, 2.05) is 24.5 Å². The lowest BCUT2D eigenvalue weighted by molar-refractivity contribution is -0.133. The highest BCUT2D eigenvalue weighted by Gasteiger charge is 2.25. The van der Waals surface area contributed by atoms with Gasteiger partial charge < -0.3 is 28.7 Å². The Morgan fingerprint density at radius 3 is 2.27 bits per heavy atom. The molecule has 1 saturated heterocycles. The molecule has 0 aliphatic carbocycles. The number of ether oxygens (including phenoxy) is 4. The first-order chi connectivity index (χ1) is 19.5. The van der Waals surface area contributed by atoms with Crippen LogP contribution >= 0.6 is 11.8 Å². The third-order valence-electron chi connectivity index (χ3n) is 6.58. The highest BCUT2D eigenvalue weighted by atomic mass is 32.2. The standard InChI is InChI=1S/C28H30N6O5S/c1-36-19-6-8-20(9-7-19)39-17-24(35)33-11-13-34(14-12-33)27-25-26(31-28(32-27)40-4)29-16-21(30-25)18-5-10-22(37-2)23(15-18)38-3/h5-10,15-16H,11-14,17H2,1-4H3. The molecule has 0 spiro atoms. The fraction of sp³-hybridized carbons (Fsp3) is 0.321. The topological polar surface area (TPSA) is 112 Å². The van der Waals surface area contributed by atoms with E-state index in [0.29, 0.717) is 71.3 Å². The Morgan fingerprint density at radius 2 is 1.60 bits per heavy atom. The van der Waals surface area contributed by atoms with Gasteiger partial charge in [0.15, 0.2) is 40.2 Å². The van der Waals surface area contributed by atoms with Gasteiger partial charge in [-0.25, -0.2) is 19.9 Å². The van der Waals surface area contributed by atoms with Crippen molar-refractivity contribution in [3.8, 4) is 34.3 Å². The lowest BCUT2D eigenvalue weighted by atomic mass is 10.1. The third-order valence-corrected chi connectivity index (χ3v) is 7.13. The lowest BCUT2D eigenvalue weighted by Gasteiger charge is -2.35. The van der Waals surface area contributed by atoms with Crippen molar-refractivity contribution in [2.45, 2.75) is 5.16 Å². The van der Waals surface area contributed by atoms with Gasteiger partial charge in [-0.2, -0.15) is 0 Å². The Kier molecular flexibility index (Phi) is 8.34. The summed E-state index contributed by atoms with van der Waals surface area (Å²) in [6.07, 6.45) is 3.62. The molecule has 4 aromatic rings. The minimum atomic E-state index is -0.0663. The van der Waals surface area contributed by atoms with Gasteiger partial charge in [-0.05, 0) is 48.7 Å². The quantitative estimate of drug-likeness (QED) is 0.220. The molecular formula is C28H30N6O5S. The van der Waals surface area contributed by atoms with Crippen molar-refractivity contribution in [3.05, 3.63) is 48.7 Å². The second-order valence-electron chi connectivity index (χ2n) is 8.86. The van der Waals surface area contributed by atoms with Crippen LogP contribution in [0.3, 0.4) is 0 Å². The van der Waals surface area contributed by atoms with Crippen molar-refractivity contribution in [2.24, 2.45) is 0 Å². The van der Waals surface area contributed by atoms with Gasteiger partial charge in [-0.15, -0.1) is 0 Å². The van der Waals surface area contributed by atoms with Crippen molar-refractivity contribution in [1.82, 2.24) is 24.8 Å².